The maximum Gasteiger partial charge on any atom is 0.196 e. The lowest BCUT2D eigenvalue weighted by Gasteiger charge is -1.98. The third-order valence-electron chi connectivity index (χ3n) is 1.45. The van der Waals surface area contributed by atoms with E-state index >= 15 is 0 Å². The molecule has 0 aromatic carbocycles. The molecular weight excluding hydrogens is 246 g/mol. The highest BCUT2D eigenvalue weighted by Gasteiger charge is 2.02. The van der Waals surface area contributed by atoms with E-state index in [1.165, 1.54) is 0 Å². The van der Waals surface area contributed by atoms with Crippen LogP contribution in [0.15, 0.2) is 32.9 Å². The van der Waals surface area contributed by atoms with Gasteiger partial charge in [0, 0.05) is 10.7 Å². The highest BCUT2D eigenvalue weighted by Crippen LogP contribution is 2.08. The summed E-state index contributed by atoms with van der Waals surface area (Å²) in [5, 5.41) is 6.15. The van der Waals surface area contributed by atoms with Crippen molar-refractivity contribution in [3.05, 3.63) is 28.5 Å². The Hall–Kier alpha value is -1.14. The van der Waals surface area contributed by atoms with Crippen molar-refractivity contribution in [1.29, 1.82) is 5.53 Å². The van der Waals surface area contributed by atoms with Crippen molar-refractivity contribution in [2.75, 3.05) is 13.7 Å². The number of amidine groups is 1. The predicted molar refractivity (Wildman–Crippen MR) is 57.5 cm³/mol. The van der Waals surface area contributed by atoms with Crippen LogP contribution in [-0.4, -0.2) is 24.5 Å². The Labute approximate surface area is 90.3 Å². The second-order valence-corrected chi connectivity index (χ2v) is 3.38. The van der Waals surface area contributed by atoms with Gasteiger partial charge in [0.15, 0.2) is 5.84 Å². The Kier molecular flexibility index (Phi) is 4.34. The molecule has 14 heavy (non-hydrogen) atoms. The van der Waals surface area contributed by atoms with Gasteiger partial charge in [0.1, 0.15) is 5.69 Å². The fraction of sp³-hybridized carbons (Fsp3) is 0.250. The van der Waals surface area contributed by atoms with Crippen molar-refractivity contribution in [1.82, 2.24) is 10.3 Å². The summed E-state index contributed by atoms with van der Waals surface area (Å²) < 4.78 is 0.888. The van der Waals surface area contributed by atoms with E-state index in [0.717, 1.165) is 4.47 Å². The van der Waals surface area contributed by atoms with Gasteiger partial charge in [-0.3, -0.25) is 4.98 Å². The molecule has 0 unspecified atom stereocenters. The van der Waals surface area contributed by atoms with Gasteiger partial charge in [0.2, 0.25) is 0 Å². The Morgan fingerprint density at radius 2 is 2.43 bits per heavy atom. The molecule has 0 radical (unpaired) electrons. The first-order valence-corrected chi connectivity index (χ1v) is 4.75. The Morgan fingerprint density at radius 1 is 1.64 bits per heavy atom. The first-order valence-electron chi connectivity index (χ1n) is 3.96. The smallest absolute Gasteiger partial charge is 0.196 e. The van der Waals surface area contributed by atoms with Crippen molar-refractivity contribution in [3.63, 3.8) is 0 Å². The molecule has 0 aliphatic rings. The monoisotopic (exact) mass is 255 g/mol. The average Bonchev–Trinajstić information content (AvgIpc) is 2.21. The number of pyridine rings is 1. The molecule has 0 bridgehead atoms. The van der Waals surface area contributed by atoms with Gasteiger partial charge in [-0.2, -0.15) is 0 Å². The standard InChI is InChI=1S/C8H10BrN5/c1-11-5-13-8(14-10)7-3-2-6(9)4-12-7/h2-4,10-11H,5H2,1H3. The van der Waals surface area contributed by atoms with Crippen molar-refractivity contribution in [3.8, 4) is 0 Å². The van der Waals surface area contributed by atoms with Crippen LogP contribution in [-0.2, 0) is 0 Å². The maximum atomic E-state index is 6.94. The van der Waals surface area contributed by atoms with Crippen LogP contribution < -0.4 is 5.32 Å². The van der Waals surface area contributed by atoms with Gasteiger partial charge in [-0.1, -0.05) is 0 Å². The molecule has 5 nitrogen and oxygen atoms in total. The normalized spacial score (nSPS) is 11.4. The molecule has 0 amide bonds. The lowest BCUT2D eigenvalue weighted by molar-refractivity contribution is 0.830. The molecule has 74 valence electrons. The van der Waals surface area contributed by atoms with Crippen molar-refractivity contribution >= 4 is 21.8 Å². The van der Waals surface area contributed by atoms with E-state index in [9.17, 15) is 0 Å². The zero-order valence-corrected chi connectivity index (χ0v) is 9.24. The summed E-state index contributed by atoms with van der Waals surface area (Å²) in [7, 11) is 1.78. The quantitative estimate of drug-likeness (QED) is 0.491. The molecule has 6 heteroatoms. The van der Waals surface area contributed by atoms with Gasteiger partial charge < -0.3 is 5.32 Å². The number of rotatable bonds is 3. The van der Waals surface area contributed by atoms with Crippen LogP contribution in [0.1, 0.15) is 5.69 Å². The van der Waals surface area contributed by atoms with Gasteiger partial charge in [-0.15, -0.1) is 5.11 Å². The molecular formula is C8H10BrN5. The van der Waals surface area contributed by atoms with Gasteiger partial charge >= 0.3 is 0 Å². The van der Waals surface area contributed by atoms with E-state index in [1.807, 2.05) is 6.07 Å². The van der Waals surface area contributed by atoms with Crippen molar-refractivity contribution in [2.45, 2.75) is 0 Å². The maximum absolute atomic E-state index is 6.94. The van der Waals surface area contributed by atoms with E-state index in [4.69, 9.17) is 5.53 Å². The predicted octanol–water partition coefficient (Wildman–Crippen LogP) is 1.80. The Bertz CT molecular complexity index is 332. The largest absolute Gasteiger partial charge is 0.301 e. The third-order valence-corrected chi connectivity index (χ3v) is 1.92. The minimum atomic E-state index is 0.326. The number of halogens is 1. The molecule has 1 rings (SSSR count). The highest BCUT2D eigenvalue weighted by molar-refractivity contribution is 9.10. The van der Waals surface area contributed by atoms with E-state index in [1.54, 1.807) is 19.3 Å². The summed E-state index contributed by atoms with van der Waals surface area (Å²) in [5.74, 6) is 0.326. The topological polar surface area (TPSA) is 73.5 Å². The fourth-order valence-electron chi connectivity index (χ4n) is 0.836. The summed E-state index contributed by atoms with van der Waals surface area (Å²) in [4.78, 5) is 8.12. The van der Waals surface area contributed by atoms with Crippen molar-refractivity contribution < 1.29 is 0 Å². The zero-order chi connectivity index (χ0) is 10.4. The molecule has 1 aromatic rings. The van der Waals surface area contributed by atoms with Crippen LogP contribution in [0.2, 0.25) is 0 Å². The molecule has 1 heterocycles. The van der Waals surface area contributed by atoms with E-state index < -0.39 is 0 Å². The second-order valence-electron chi connectivity index (χ2n) is 2.47. The summed E-state index contributed by atoms with van der Waals surface area (Å²) in [5.41, 5.74) is 7.54. The van der Waals surface area contributed by atoms with Gasteiger partial charge in [-0.05, 0) is 35.1 Å². The number of aromatic nitrogens is 1. The Balaban J connectivity index is 2.89. The summed E-state index contributed by atoms with van der Waals surface area (Å²) >= 11 is 3.28. The molecule has 0 aliphatic heterocycles. The van der Waals surface area contributed by atoms with Gasteiger partial charge in [-0.25, -0.2) is 10.5 Å². The van der Waals surface area contributed by atoms with Crippen LogP contribution in [0.3, 0.4) is 0 Å². The van der Waals surface area contributed by atoms with E-state index in [2.05, 4.69) is 36.3 Å². The second kappa shape index (κ2) is 5.56. The first kappa shape index (κ1) is 10.9. The number of aliphatic imine (C=N–C) groups is 1. The number of nitrogens with zero attached hydrogens (tertiary/aromatic N) is 3. The van der Waals surface area contributed by atoms with E-state index in [0.29, 0.717) is 18.2 Å². The number of hydrogen-bond acceptors (Lipinski definition) is 4. The number of hydrogen-bond donors (Lipinski definition) is 2. The minimum Gasteiger partial charge on any atom is -0.301 e. The van der Waals surface area contributed by atoms with Crippen LogP contribution in [0, 0.1) is 5.53 Å². The van der Waals surface area contributed by atoms with Gasteiger partial charge in [0.05, 0.1) is 6.67 Å². The molecule has 1 aromatic heterocycles. The fourth-order valence-corrected chi connectivity index (χ4v) is 1.07. The van der Waals surface area contributed by atoms with E-state index in [-0.39, 0.29) is 0 Å². The lowest BCUT2D eigenvalue weighted by Crippen LogP contribution is -2.09. The molecule has 0 saturated heterocycles. The van der Waals surface area contributed by atoms with Crippen molar-refractivity contribution in [2.24, 2.45) is 10.1 Å². The third kappa shape index (κ3) is 2.97. The SMILES string of the molecule is CNCN=C(N=N)c1ccc(Br)cn1. The first-order chi connectivity index (χ1) is 6.77. The van der Waals surface area contributed by atoms with Crippen LogP contribution in [0.25, 0.3) is 0 Å². The van der Waals surface area contributed by atoms with Crippen LogP contribution in [0.4, 0.5) is 0 Å². The molecule has 0 spiro atoms. The molecule has 0 atom stereocenters. The highest BCUT2D eigenvalue weighted by atomic mass is 79.9. The average molecular weight is 256 g/mol. The molecule has 0 aliphatic carbocycles. The summed E-state index contributed by atoms with van der Waals surface area (Å²) in [6.07, 6.45) is 1.65. The summed E-state index contributed by atoms with van der Waals surface area (Å²) in [6, 6.07) is 3.60. The molecule has 0 saturated carbocycles. The minimum absolute atomic E-state index is 0.326. The zero-order valence-electron chi connectivity index (χ0n) is 7.66. The van der Waals surface area contributed by atoms with Crippen LogP contribution in [0.5, 0.6) is 0 Å². The Morgan fingerprint density at radius 3 is 2.93 bits per heavy atom. The lowest BCUT2D eigenvalue weighted by atomic mass is 10.3. The van der Waals surface area contributed by atoms with Crippen LogP contribution >= 0.6 is 15.9 Å². The number of nitrogens with one attached hydrogen (secondary N) is 2. The molecule has 2 N–H and O–H groups in total. The van der Waals surface area contributed by atoms with Gasteiger partial charge in [0.25, 0.3) is 0 Å². The molecule has 0 fully saturated rings. The summed E-state index contributed by atoms with van der Waals surface area (Å²) in [6.45, 7) is 0.426.